The molecule has 0 saturated heterocycles. The molecule has 0 amide bonds. The van der Waals surface area contributed by atoms with Crippen LogP contribution >= 0.6 is 0 Å². The highest BCUT2D eigenvalue weighted by molar-refractivity contribution is 6.27. The largest absolute Gasteiger partial charge is 0.309 e. The van der Waals surface area contributed by atoms with Crippen LogP contribution in [0, 0.1) is 0 Å². The van der Waals surface area contributed by atoms with Crippen molar-refractivity contribution >= 4 is 65.4 Å². The molecule has 0 aliphatic carbocycles. The van der Waals surface area contributed by atoms with Crippen LogP contribution in [-0.4, -0.2) is 28.7 Å². The third-order valence-electron chi connectivity index (χ3n) is 12.5. The molecule has 9 aromatic carbocycles. The topological polar surface area (TPSA) is 53.5 Å². The predicted octanol–water partition coefficient (Wildman–Crippen LogP) is 14.2. The predicted molar refractivity (Wildman–Crippen MR) is 259 cm³/mol. The Balaban J connectivity index is 1.23. The zero-order valence-electron chi connectivity index (χ0n) is 34.0. The van der Waals surface area contributed by atoms with Gasteiger partial charge in [0.15, 0.2) is 11.6 Å². The van der Waals surface area contributed by atoms with E-state index in [1.165, 1.54) is 16.3 Å². The number of para-hydroxylation sites is 4. The summed E-state index contributed by atoms with van der Waals surface area (Å²) in [5.74, 6) is 1.78. The molecule has 0 radical (unpaired) electrons. The summed E-state index contributed by atoms with van der Waals surface area (Å²) in [6.45, 7) is 0. The molecule has 0 N–H and O–H groups in total. The zero-order chi connectivity index (χ0) is 41.4. The lowest BCUT2D eigenvalue weighted by Crippen LogP contribution is -2.07. The fourth-order valence-electron chi connectivity index (χ4n) is 9.74. The van der Waals surface area contributed by atoms with Crippen LogP contribution in [0.1, 0.15) is 0 Å². The first-order valence-electron chi connectivity index (χ1n) is 21.3. The highest BCUT2D eigenvalue weighted by Gasteiger charge is 2.27. The Labute approximate surface area is 362 Å². The molecule has 0 spiro atoms. The van der Waals surface area contributed by atoms with Crippen LogP contribution < -0.4 is 0 Å². The highest BCUT2D eigenvalue weighted by atomic mass is 15.2. The molecule has 0 bridgehead atoms. The summed E-state index contributed by atoms with van der Waals surface area (Å²) in [4.78, 5) is 15.8. The Hall–Kier alpha value is -8.61. The average molecular weight is 805 g/mol. The molecule has 0 saturated carbocycles. The summed E-state index contributed by atoms with van der Waals surface area (Å²) >= 11 is 0. The smallest absolute Gasteiger partial charge is 0.238 e. The molecule has 4 aromatic heterocycles. The van der Waals surface area contributed by atoms with Gasteiger partial charge in [0.05, 0.1) is 38.8 Å². The molecule has 13 aromatic rings. The Bertz CT molecular complexity index is 3770. The van der Waals surface area contributed by atoms with E-state index in [0.29, 0.717) is 17.6 Å². The molecule has 6 nitrogen and oxygen atoms in total. The summed E-state index contributed by atoms with van der Waals surface area (Å²) in [5, 5.41) is 6.94. The molecule has 6 heteroatoms. The quantitative estimate of drug-likeness (QED) is 0.168. The lowest BCUT2D eigenvalue weighted by Gasteiger charge is -2.16. The van der Waals surface area contributed by atoms with Crippen LogP contribution in [-0.2, 0) is 0 Å². The molecule has 13 rings (SSSR count). The second-order valence-electron chi connectivity index (χ2n) is 16.0. The van der Waals surface area contributed by atoms with Crippen molar-refractivity contribution in [2.75, 3.05) is 0 Å². The number of hydrogen-bond donors (Lipinski definition) is 0. The van der Waals surface area contributed by atoms with Crippen molar-refractivity contribution in [1.29, 1.82) is 0 Å². The van der Waals surface area contributed by atoms with Crippen LogP contribution in [0.15, 0.2) is 218 Å². The number of nitrogens with zero attached hydrogens (tertiary/aromatic N) is 6. The zero-order valence-corrected chi connectivity index (χ0v) is 34.0. The van der Waals surface area contributed by atoms with Gasteiger partial charge in [0, 0.05) is 49.1 Å². The van der Waals surface area contributed by atoms with Crippen molar-refractivity contribution in [2.24, 2.45) is 0 Å². The molecule has 0 atom stereocenters. The molecule has 0 aliphatic heterocycles. The van der Waals surface area contributed by atoms with Crippen LogP contribution in [0.25, 0.3) is 117 Å². The van der Waals surface area contributed by atoms with E-state index in [4.69, 9.17) is 15.0 Å². The average Bonchev–Trinajstić information content (AvgIpc) is 4.01. The SMILES string of the molecule is c1ccc(-c2ccc(-n3c4ccccc4c4c(-n5c6ccccc6c6ccccc65)cc5c6ccccc6n(-c6nc(-c7ccccc7)nc(-c7ccccc7)n6)c5c43)cc2)cc1. The maximum absolute atomic E-state index is 5.36. The minimum absolute atomic E-state index is 0.552. The number of rotatable bonds is 6. The fraction of sp³-hybridized carbons (Fsp3) is 0. The van der Waals surface area contributed by atoms with Crippen molar-refractivity contribution in [3.63, 3.8) is 0 Å². The van der Waals surface area contributed by atoms with Gasteiger partial charge >= 0.3 is 0 Å². The molecular formula is C57H36N6. The van der Waals surface area contributed by atoms with Crippen molar-refractivity contribution in [1.82, 2.24) is 28.7 Å². The number of benzene rings is 9. The molecule has 294 valence electrons. The van der Waals surface area contributed by atoms with Crippen molar-refractivity contribution in [2.45, 2.75) is 0 Å². The number of aromatic nitrogens is 6. The summed E-state index contributed by atoms with van der Waals surface area (Å²) in [6.07, 6.45) is 0. The molecule has 0 unspecified atom stereocenters. The van der Waals surface area contributed by atoms with E-state index in [-0.39, 0.29) is 0 Å². The molecule has 0 aliphatic rings. The van der Waals surface area contributed by atoms with Crippen LogP contribution in [0.5, 0.6) is 0 Å². The first kappa shape index (κ1) is 35.2. The standard InChI is InChI=1S/C57H36N6/c1-4-18-37(19-5-1)38-32-34-41(35-33-38)61-50-31-17-13-27-45(50)52-51(62-47-28-14-10-24-42(47)43-25-11-15-29-48(43)62)36-46-44-26-12-16-30-49(44)63(53(46)54(52)61)57-59-55(39-20-6-2-7-21-39)58-56(60-57)40-22-8-3-9-23-40/h1-36H. The van der Waals surface area contributed by atoms with E-state index in [2.05, 4.69) is 196 Å². The molecule has 63 heavy (non-hydrogen) atoms. The summed E-state index contributed by atoms with van der Waals surface area (Å²) in [6, 6.07) is 77.4. The Morgan fingerprint density at radius 3 is 1.24 bits per heavy atom. The normalized spacial score (nSPS) is 11.8. The van der Waals surface area contributed by atoms with Crippen LogP contribution in [0.2, 0.25) is 0 Å². The maximum atomic E-state index is 5.36. The lowest BCUT2D eigenvalue weighted by molar-refractivity contribution is 0.953. The summed E-state index contributed by atoms with van der Waals surface area (Å²) < 4.78 is 7.20. The van der Waals surface area contributed by atoms with Gasteiger partial charge in [0.2, 0.25) is 5.95 Å². The van der Waals surface area contributed by atoms with E-state index >= 15 is 0 Å². The van der Waals surface area contributed by atoms with Gasteiger partial charge < -0.3 is 9.13 Å². The fourth-order valence-corrected chi connectivity index (χ4v) is 9.74. The second kappa shape index (κ2) is 14.0. The third-order valence-corrected chi connectivity index (χ3v) is 12.5. The van der Waals surface area contributed by atoms with E-state index < -0.39 is 0 Å². The minimum atomic E-state index is 0.552. The van der Waals surface area contributed by atoms with E-state index in [1.807, 2.05) is 36.4 Å². The lowest BCUT2D eigenvalue weighted by atomic mass is 10.0. The van der Waals surface area contributed by atoms with E-state index in [0.717, 1.165) is 82.7 Å². The highest BCUT2D eigenvalue weighted by Crippen LogP contribution is 2.46. The first-order chi connectivity index (χ1) is 31.3. The number of fused-ring (bicyclic) bond motifs is 10. The van der Waals surface area contributed by atoms with Gasteiger partial charge in [-0.3, -0.25) is 4.57 Å². The first-order valence-corrected chi connectivity index (χ1v) is 21.3. The van der Waals surface area contributed by atoms with Gasteiger partial charge in [-0.2, -0.15) is 9.97 Å². The van der Waals surface area contributed by atoms with Crippen molar-refractivity contribution in [3.8, 4) is 51.2 Å². The monoisotopic (exact) mass is 804 g/mol. The molecular weight excluding hydrogens is 769 g/mol. The molecule has 4 heterocycles. The van der Waals surface area contributed by atoms with Gasteiger partial charge in [-0.1, -0.05) is 176 Å². The molecule has 0 fully saturated rings. The van der Waals surface area contributed by atoms with Crippen molar-refractivity contribution in [3.05, 3.63) is 218 Å². The summed E-state index contributed by atoms with van der Waals surface area (Å²) in [7, 11) is 0. The van der Waals surface area contributed by atoms with E-state index in [9.17, 15) is 0 Å². The Kier molecular flexibility index (Phi) is 7.80. The second-order valence-corrected chi connectivity index (χ2v) is 16.0. The van der Waals surface area contributed by atoms with Gasteiger partial charge in [-0.15, -0.1) is 0 Å². The van der Waals surface area contributed by atoms with Gasteiger partial charge in [-0.25, -0.2) is 4.98 Å². The minimum Gasteiger partial charge on any atom is -0.309 e. The third kappa shape index (κ3) is 5.41. The van der Waals surface area contributed by atoms with E-state index in [1.54, 1.807) is 0 Å². The van der Waals surface area contributed by atoms with Gasteiger partial charge in [0.1, 0.15) is 0 Å². The Morgan fingerprint density at radius 1 is 0.286 bits per heavy atom. The van der Waals surface area contributed by atoms with Gasteiger partial charge in [0.25, 0.3) is 0 Å². The summed E-state index contributed by atoms with van der Waals surface area (Å²) in [5.41, 5.74) is 12.9. The van der Waals surface area contributed by atoms with Crippen molar-refractivity contribution < 1.29 is 0 Å². The van der Waals surface area contributed by atoms with Crippen LogP contribution in [0.4, 0.5) is 0 Å². The van der Waals surface area contributed by atoms with Gasteiger partial charge in [-0.05, 0) is 53.6 Å². The maximum Gasteiger partial charge on any atom is 0.238 e. The van der Waals surface area contributed by atoms with Crippen LogP contribution in [0.3, 0.4) is 0 Å². The number of hydrogen-bond acceptors (Lipinski definition) is 3. The Morgan fingerprint density at radius 2 is 0.698 bits per heavy atom.